The second-order valence-electron chi connectivity index (χ2n) is 4.74. The number of ether oxygens (including phenoxy) is 1. The van der Waals surface area contributed by atoms with Crippen LogP contribution < -0.4 is 0 Å². The highest BCUT2D eigenvalue weighted by Crippen LogP contribution is 2.11. The SMILES string of the molecule is COC(=O)c1ccc(CN(C)C(=O)c2cncc(F)c2)cc1. The lowest BCUT2D eigenvalue weighted by molar-refractivity contribution is 0.0600. The van der Waals surface area contributed by atoms with Gasteiger partial charge in [-0.2, -0.15) is 0 Å². The Morgan fingerprint density at radius 3 is 2.45 bits per heavy atom. The number of hydrogen-bond acceptors (Lipinski definition) is 4. The van der Waals surface area contributed by atoms with Gasteiger partial charge in [-0.1, -0.05) is 12.1 Å². The molecule has 0 aliphatic rings. The molecule has 0 unspecified atom stereocenters. The standard InChI is InChI=1S/C16H15FN2O3/c1-19(15(20)13-7-14(17)9-18-8-13)10-11-3-5-12(6-4-11)16(21)22-2/h3-9H,10H2,1-2H3. The van der Waals surface area contributed by atoms with Gasteiger partial charge < -0.3 is 9.64 Å². The molecule has 1 heterocycles. The fourth-order valence-electron chi connectivity index (χ4n) is 1.96. The van der Waals surface area contributed by atoms with Crippen LogP contribution >= 0.6 is 0 Å². The van der Waals surface area contributed by atoms with E-state index >= 15 is 0 Å². The molecule has 5 nitrogen and oxygen atoms in total. The van der Waals surface area contributed by atoms with Gasteiger partial charge in [0.15, 0.2) is 0 Å². The molecule has 1 amide bonds. The number of halogens is 1. The predicted molar refractivity (Wildman–Crippen MR) is 77.8 cm³/mol. The summed E-state index contributed by atoms with van der Waals surface area (Å²) in [7, 11) is 2.93. The van der Waals surface area contributed by atoms with E-state index in [1.54, 1.807) is 31.3 Å². The third kappa shape index (κ3) is 3.66. The van der Waals surface area contributed by atoms with E-state index in [0.717, 1.165) is 17.8 Å². The summed E-state index contributed by atoms with van der Waals surface area (Å²) in [5, 5.41) is 0. The second-order valence-corrected chi connectivity index (χ2v) is 4.74. The fourth-order valence-corrected chi connectivity index (χ4v) is 1.96. The van der Waals surface area contributed by atoms with Crippen LogP contribution in [0.15, 0.2) is 42.7 Å². The Morgan fingerprint density at radius 1 is 1.18 bits per heavy atom. The molecule has 0 aliphatic carbocycles. The highest BCUT2D eigenvalue weighted by Gasteiger charge is 2.13. The number of esters is 1. The van der Waals surface area contributed by atoms with E-state index in [1.165, 1.54) is 18.2 Å². The Bertz CT molecular complexity index is 686. The van der Waals surface area contributed by atoms with Gasteiger partial charge in [0.1, 0.15) is 5.82 Å². The number of benzene rings is 1. The van der Waals surface area contributed by atoms with Crippen molar-refractivity contribution in [2.45, 2.75) is 6.54 Å². The lowest BCUT2D eigenvalue weighted by Gasteiger charge is -2.17. The molecule has 0 atom stereocenters. The lowest BCUT2D eigenvalue weighted by atomic mass is 10.1. The zero-order valence-corrected chi connectivity index (χ0v) is 12.2. The van der Waals surface area contributed by atoms with E-state index in [9.17, 15) is 14.0 Å². The van der Waals surface area contributed by atoms with Crippen molar-refractivity contribution in [2.75, 3.05) is 14.2 Å². The normalized spacial score (nSPS) is 10.1. The monoisotopic (exact) mass is 302 g/mol. The first kappa shape index (κ1) is 15.6. The fraction of sp³-hybridized carbons (Fsp3) is 0.188. The molecule has 0 saturated heterocycles. The van der Waals surface area contributed by atoms with E-state index in [-0.39, 0.29) is 11.5 Å². The summed E-state index contributed by atoms with van der Waals surface area (Å²) in [5.41, 5.74) is 1.47. The zero-order chi connectivity index (χ0) is 16.1. The summed E-state index contributed by atoms with van der Waals surface area (Å²) in [6.45, 7) is 0.330. The van der Waals surface area contributed by atoms with E-state index in [0.29, 0.717) is 12.1 Å². The van der Waals surface area contributed by atoms with Crippen LogP contribution in [0.3, 0.4) is 0 Å². The minimum absolute atomic E-state index is 0.189. The predicted octanol–water partition coefficient (Wildman–Crippen LogP) is 2.28. The first-order valence-electron chi connectivity index (χ1n) is 6.54. The number of aromatic nitrogens is 1. The Hall–Kier alpha value is -2.76. The van der Waals surface area contributed by atoms with E-state index < -0.39 is 11.8 Å². The minimum atomic E-state index is -0.554. The van der Waals surface area contributed by atoms with Crippen molar-refractivity contribution < 1.29 is 18.7 Å². The molecule has 0 saturated carbocycles. The molecule has 22 heavy (non-hydrogen) atoms. The van der Waals surface area contributed by atoms with Crippen LogP contribution in [0.2, 0.25) is 0 Å². The smallest absolute Gasteiger partial charge is 0.337 e. The van der Waals surface area contributed by atoms with Gasteiger partial charge in [0.25, 0.3) is 5.91 Å². The van der Waals surface area contributed by atoms with Crippen LogP contribution in [0.5, 0.6) is 0 Å². The Labute approximate surface area is 127 Å². The summed E-state index contributed by atoms with van der Waals surface area (Å²) < 4.78 is 17.7. The molecule has 2 aromatic rings. The Morgan fingerprint density at radius 2 is 1.86 bits per heavy atom. The van der Waals surface area contributed by atoms with Crippen LogP contribution in [-0.4, -0.2) is 35.9 Å². The molecule has 1 aromatic heterocycles. The number of carbonyl (C=O) groups excluding carboxylic acids is 2. The first-order chi connectivity index (χ1) is 10.5. The van der Waals surface area contributed by atoms with Crippen molar-refractivity contribution in [3.8, 4) is 0 Å². The van der Waals surface area contributed by atoms with Gasteiger partial charge in [0.05, 0.1) is 24.4 Å². The van der Waals surface area contributed by atoms with Crippen molar-refractivity contribution in [3.05, 3.63) is 65.2 Å². The summed E-state index contributed by atoms with van der Waals surface area (Å²) in [6.07, 6.45) is 2.37. The average molecular weight is 302 g/mol. The maximum Gasteiger partial charge on any atom is 0.337 e. The molecule has 1 aromatic carbocycles. The van der Waals surface area contributed by atoms with E-state index in [1.807, 2.05) is 0 Å². The highest BCUT2D eigenvalue weighted by atomic mass is 19.1. The molecule has 0 spiro atoms. The molecule has 0 radical (unpaired) electrons. The van der Waals surface area contributed by atoms with Gasteiger partial charge in [-0.3, -0.25) is 9.78 Å². The largest absolute Gasteiger partial charge is 0.465 e. The topological polar surface area (TPSA) is 59.5 Å². The number of methoxy groups -OCH3 is 1. The summed E-state index contributed by atoms with van der Waals surface area (Å²) in [5.74, 6) is -1.30. The third-order valence-corrected chi connectivity index (χ3v) is 3.09. The van der Waals surface area contributed by atoms with E-state index in [4.69, 9.17) is 0 Å². The number of nitrogens with zero attached hydrogens (tertiary/aromatic N) is 2. The number of hydrogen-bond donors (Lipinski definition) is 0. The Balaban J connectivity index is 2.06. The number of rotatable bonds is 4. The molecule has 114 valence electrons. The summed E-state index contributed by atoms with van der Waals surface area (Å²) in [6, 6.07) is 7.87. The van der Waals surface area contributed by atoms with Crippen LogP contribution in [0.4, 0.5) is 4.39 Å². The highest BCUT2D eigenvalue weighted by molar-refractivity contribution is 5.93. The van der Waals surface area contributed by atoms with Gasteiger partial charge in [-0.05, 0) is 23.8 Å². The van der Waals surface area contributed by atoms with Crippen molar-refractivity contribution in [2.24, 2.45) is 0 Å². The molecule has 0 fully saturated rings. The molecular weight excluding hydrogens is 287 g/mol. The van der Waals surface area contributed by atoms with Gasteiger partial charge in [-0.15, -0.1) is 0 Å². The van der Waals surface area contributed by atoms with Crippen LogP contribution in [0.25, 0.3) is 0 Å². The van der Waals surface area contributed by atoms with Crippen molar-refractivity contribution in [3.63, 3.8) is 0 Å². The van der Waals surface area contributed by atoms with Gasteiger partial charge in [-0.25, -0.2) is 9.18 Å². The van der Waals surface area contributed by atoms with Crippen LogP contribution in [0, 0.1) is 5.82 Å². The zero-order valence-electron chi connectivity index (χ0n) is 12.2. The molecule has 2 rings (SSSR count). The third-order valence-electron chi connectivity index (χ3n) is 3.09. The molecule has 6 heteroatoms. The van der Waals surface area contributed by atoms with Crippen LogP contribution in [-0.2, 0) is 11.3 Å². The van der Waals surface area contributed by atoms with Gasteiger partial charge in [0, 0.05) is 19.8 Å². The van der Waals surface area contributed by atoms with Crippen molar-refractivity contribution in [1.29, 1.82) is 0 Å². The minimum Gasteiger partial charge on any atom is -0.465 e. The average Bonchev–Trinajstić information content (AvgIpc) is 2.54. The maximum atomic E-state index is 13.1. The second kappa shape index (κ2) is 6.80. The van der Waals surface area contributed by atoms with E-state index in [2.05, 4.69) is 9.72 Å². The van der Waals surface area contributed by atoms with Crippen molar-refractivity contribution in [1.82, 2.24) is 9.88 Å². The quantitative estimate of drug-likeness (QED) is 0.813. The van der Waals surface area contributed by atoms with Gasteiger partial charge in [0.2, 0.25) is 0 Å². The molecule has 0 aliphatic heterocycles. The molecular formula is C16H15FN2O3. The van der Waals surface area contributed by atoms with Crippen molar-refractivity contribution >= 4 is 11.9 Å². The number of amides is 1. The Kier molecular flexibility index (Phi) is 4.83. The number of carbonyl (C=O) groups is 2. The summed E-state index contributed by atoms with van der Waals surface area (Å²) in [4.78, 5) is 28.6. The maximum absolute atomic E-state index is 13.1. The first-order valence-corrected chi connectivity index (χ1v) is 6.54. The van der Waals surface area contributed by atoms with Crippen LogP contribution in [0.1, 0.15) is 26.3 Å². The molecule has 0 N–H and O–H groups in total. The van der Waals surface area contributed by atoms with Gasteiger partial charge >= 0.3 is 5.97 Å². The molecule has 0 bridgehead atoms. The lowest BCUT2D eigenvalue weighted by Crippen LogP contribution is -2.26. The summed E-state index contributed by atoms with van der Waals surface area (Å²) >= 11 is 0. The number of pyridine rings is 1.